The van der Waals surface area contributed by atoms with E-state index in [0.29, 0.717) is 159 Å². The number of ether oxygens (including phenoxy) is 16. The van der Waals surface area contributed by atoms with Crippen LogP contribution in [-0.2, 0) is 77.2 Å². The Morgan fingerprint density at radius 3 is 0.663 bits per heavy atom. The van der Waals surface area contributed by atoms with Crippen molar-refractivity contribution in [2.75, 3.05) is 172 Å². The van der Waals surface area contributed by atoms with Gasteiger partial charge in [0.2, 0.25) is 0 Å². The molecular weight excluding hydrogens is 1180 g/mol. The van der Waals surface area contributed by atoms with Crippen LogP contribution in [0.5, 0.6) is 46.0 Å². The number of hydrogen-bond donors (Lipinski definition) is 4. The van der Waals surface area contributed by atoms with Gasteiger partial charge in [-0.2, -0.15) is 0 Å². The molecule has 6 aliphatic rings. The van der Waals surface area contributed by atoms with Crippen molar-refractivity contribution >= 4 is 0 Å². The van der Waals surface area contributed by atoms with Gasteiger partial charge in [-0.15, -0.1) is 0 Å². The predicted molar refractivity (Wildman–Crippen MR) is 347 cm³/mol. The number of nitrogens with two attached hydrogens (primary N) is 4. The predicted octanol–water partition coefficient (Wildman–Crippen LogP) is 5.19. The second kappa shape index (κ2) is 45.5. The highest BCUT2D eigenvalue weighted by molar-refractivity contribution is 5.39. The minimum absolute atomic E-state index is 0.403. The minimum Gasteiger partial charge on any atom is -0.491 e. The zero-order chi connectivity index (χ0) is 63.2. The molecule has 6 aliphatic heterocycles. The summed E-state index contributed by atoms with van der Waals surface area (Å²) in [6.07, 6.45) is 4.58. The van der Waals surface area contributed by atoms with Crippen molar-refractivity contribution in [1.82, 2.24) is 0 Å². The summed E-state index contributed by atoms with van der Waals surface area (Å²) in [5.74, 6) is 6.28. The molecule has 0 aromatic heterocycles. The van der Waals surface area contributed by atoms with E-state index in [2.05, 4.69) is 94.1 Å². The van der Waals surface area contributed by atoms with E-state index < -0.39 is 0 Å². The summed E-state index contributed by atoms with van der Waals surface area (Å²) in [4.78, 5) is 0. The topological polar surface area (TPSA) is 214 Å². The number of quaternary nitrogens is 4. The number of benzene rings is 6. The minimum atomic E-state index is 0.403. The Kier molecular flexibility index (Phi) is 35.2. The summed E-state index contributed by atoms with van der Waals surface area (Å²) in [6, 6.07) is 45.2. The fourth-order valence-corrected chi connectivity index (χ4v) is 10.0. The van der Waals surface area contributed by atoms with E-state index in [1.807, 2.05) is 60.7 Å². The van der Waals surface area contributed by atoms with Crippen molar-refractivity contribution in [3.8, 4) is 46.0 Å². The maximum Gasteiger partial charge on any atom is 0.123 e. The third-order valence-electron chi connectivity index (χ3n) is 14.9. The van der Waals surface area contributed by atoms with E-state index in [-0.39, 0.29) is 0 Å². The third kappa shape index (κ3) is 31.2. The van der Waals surface area contributed by atoms with Crippen molar-refractivity contribution in [3.05, 3.63) is 167 Å². The van der Waals surface area contributed by atoms with Gasteiger partial charge in [-0.3, -0.25) is 0 Å². The summed E-state index contributed by atoms with van der Waals surface area (Å²) in [5, 5.41) is 9.28. The fraction of sp³-hybridized carbons (Fsp3) is 0.500. The lowest BCUT2D eigenvalue weighted by Crippen LogP contribution is -2.82. The lowest BCUT2D eigenvalue weighted by Gasteiger charge is -2.13. The number of rotatable bonds is 11. The molecule has 6 aromatic carbocycles. The van der Waals surface area contributed by atoms with E-state index in [0.717, 1.165) is 135 Å². The first-order chi connectivity index (χ1) is 45.6. The van der Waals surface area contributed by atoms with Crippen LogP contribution in [0, 0.1) is 0 Å². The summed E-state index contributed by atoms with van der Waals surface area (Å²) in [5.41, 5.74) is 7.21. The molecule has 6 aromatic rings. The molecule has 12 bridgehead atoms. The van der Waals surface area contributed by atoms with E-state index in [4.69, 9.17) is 75.8 Å². The van der Waals surface area contributed by atoms with Crippen LogP contribution in [0.15, 0.2) is 133 Å². The van der Waals surface area contributed by atoms with Gasteiger partial charge in [-0.25, -0.2) is 0 Å². The van der Waals surface area contributed by atoms with Crippen molar-refractivity contribution in [2.24, 2.45) is 0 Å². The van der Waals surface area contributed by atoms with Gasteiger partial charge < -0.3 is 97.1 Å². The smallest absolute Gasteiger partial charge is 0.123 e. The highest BCUT2D eigenvalue weighted by atomic mass is 16.6. The molecule has 0 radical (unpaired) electrons. The molecule has 0 atom stereocenters. The van der Waals surface area contributed by atoms with E-state index in [1.54, 1.807) is 0 Å². The second-order valence-electron chi connectivity index (χ2n) is 22.3. The molecule has 6 heterocycles. The van der Waals surface area contributed by atoms with Gasteiger partial charge in [0.1, 0.15) is 138 Å². The maximum absolute atomic E-state index is 6.18. The molecule has 0 saturated heterocycles. The van der Waals surface area contributed by atoms with E-state index >= 15 is 0 Å². The van der Waals surface area contributed by atoms with Crippen LogP contribution in [0.3, 0.4) is 0 Å². The Hall–Kier alpha value is -6.76. The summed E-state index contributed by atoms with van der Waals surface area (Å²) >= 11 is 0. The molecule has 0 amide bonds. The molecule has 12 rings (SSSR count). The van der Waals surface area contributed by atoms with Gasteiger partial charge in [-0.1, -0.05) is 0 Å². The number of fused-ring (bicyclic) bond motifs is 4. The molecule has 0 spiro atoms. The number of hydrogen-bond acceptors (Lipinski definition) is 16. The first-order valence-electron chi connectivity index (χ1n) is 33.2. The SMILES string of the molecule is c1cc2ccc1C[NH2+]Cc1ccc(cc1)OCCOCCOCCOc1cc(C[NH2+]CCCCCC[NH2+]Cc3cc4cc(c3)OCCOCCOCCOc3ccc(cc3)C[NH2+]Cc3ccc(cc3)OCCOCCOCCO4)cc(c1)OCCOCCOCCO2. The van der Waals surface area contributed by atoms with E-state index in [1.165, 1.54) is 22.3 Å². The zero-order valence-electron chi connectivity index (χ0n) is 54.0. The van der Waals surface area contributed by atoms with Crippen molar-refractivity contribution in [1.29, 1.82) is 0 Å². The Morgan fingerprint density at radius 1 is 0.228 bits per heavy atom. The molecule has 20 nitrogen and oxygen atoms in total. The van der Waals surface area contributed by atoms with Crippen molar-refractivity contribution < 1.29 is 97.1 Å². The largest absolute Gasteiger partial charge is 0.491 e. The normalized spacial score (nSPS) is 17.3. The maximum atomic E-state index is 6.18. The standard InChI is InChI=1S/C72H98N4O16/c1(3-21-73-57-63-47-69-51-70(48-63)90-44-36-82-28-24-78-32-40-86-66-15-7-60(8-16-66)54-75-53-59-5-13-65(14-6-59)85-39-31-77-23-27-81-35-43-89-69)2-4-22-74-58-64-49-71-52-72(50-64)92-46-38-84-30-26-80-34-42-88-68-19-11-62(12-20-68)56-76-55-61-9-17-67(18-10-61)87-41-33-79-25-29-83-37-45-91-71/h5-20,47-52,73-76H,1-4,21-46,53-58H2/p+4. The summed E-state index contributed by atoms with van der Waals surface area (Å²) in [7, 11) is 0. The zero-order valence-corrected chi connectivity index (χ0v) is 54.0. The van der Waals surface area contributed by atoms with Crippen molar-refractivity contribution in [3.63, 3.8) is 0 Å². The van der Waals surface area contributed by atoms with Gasteiger partial charge in [0.15, 0.2) is 0 Å². The molecule has 8 N–H and O–H groups in total. The fourth-order valence-electron chi connectivity index (χ4n) is 10.0. The molecular formula is C72H102N4O16+4. The van der Waals surface area contributed by atoms with Gasteiger partial charge >= 0.3 is 0 Å². The van der Waals surface area contributed by atoms with Crippen LogP contribution in [0.2, 0.25) is 0 Å². The second-order valence-corrected chi connectivity index (χ2v) is 22.3. The molecule has 0 aliphatic carbocycles. The van der Waals surface area contributed by atoms with Gasteiger partial charge in [0.05, 0.1) is 119 Å². The number of unbranched alkanes of at least 4 members (excludes halogenated alkanes) is 3. The molecule has 92 heavy (non-hydrogen) atoms. The first kappa shape index (κ1) is 71.1. The van der Waals surface area contributed by atoms with Gasteiger partial charge in [0, 0.05) is 45.5 Å². The van der Waals surface area contributed by atoms with Crippen LogP contribution in [0.25, 0.3) is 0 Å². The lowest BCUT2D eigenvalue weighted by molar-refractivity contribution is -0.686. The van der Waals surface area contributed by atoms with Crippen LogP contribution >= 0.6 is 0 Å². The molecule has 502 valence electrons. The van der Waals surface area contributed by atoms with Crippen LogP contribution in [-0.4, -0.2) is 172 Å². The third-order valence-corrected chi connectivity index (χ3v) is 14.9. The summed E-state index contributed by atoms with van der Waals surface area (Å²) < 4.78 is 94.7. The van der Waals surface area contributed by atoms with Crippen LogP contribution < -0.4 is 59.2 Å². The van der Waals surface area contributed by atoms with Crippen LogP contribution in [0.1, 0.15) is 59.1 Å². The Labute approximate surface area is 544 Å². The molecule has 0 fully saturated rings. The quantitative estimate of drug-likeness (QED) is 0.123. The molecule has 0 unspecified atom stereocenters. The highest BCUT2D eigenvalue weighted by Crippen LogP contribution is 2.25. The van der Waals surface area contributed by atoms with Crippen LogP contribution in [0.4, 0.5) is 0 Å². The Balaban J connectivity index is 0.716. The van der Waals surface area contributed by atoms with Gasteiger partial charge in [0.25, 0.3) is 0 Å². The van der Waals surface area contributed by atoms with Crippen molar-refractivity contribution in [2.45, 2.75) is 65.0 Å². The average Bonchev–Trinajstić information content (AvgIpc) is 2.63. The monoisotopic (exact) mass is 1280 g/mol. The first-order valence-corrected chi connectivity index (χ1v) is 33.2. The highest BCUT2D eigenvalue weighted by Gasteiger charge is 2.11. The molecule has 0 saturated carbocycles. The summed E-state index contributed by atoms with van der Waals surface area (Å²) in [6.45, 7) is 18.1. The Bertz CT molecular complexity index is 2470. The molecule has 20 heteroatoms. The average molecular weight is 1280 g/mol. The Morgan fingerprint density at radius 2 is 0.435 bits per heavy atom. The lowest BCUT2D eigenvalue weighted by atomic mass is 10.1. The van der Waals surface area contributed by atoms with Gasteiger partial charge in [-0.05, 0) is 147 Å². The van der Waals surface area contributed by atoms with E-state index in [9.17, 15) is 0 Å².